The number of rotatable bonds is 5. The quantitative estimate of drug-likeness (QED) is 0.685. The van der Waals surface area contributed by atoms with Crippen molar-refractivity contribution in [2.24, 2.45) is 0 Å². The maximum Gasteiger partial charge on any atom is 0.416 e. The number of aromatic carboxylic acids is 1. The van der Waals surface area contributed by atoms with E-state index >= 15 is 0 Å². The van der Waals surface area contributed by atoms with Crippen LogP contribution in [0.1, 0.15) is 27.0 Å². The Labute approximate surface area is 145 Å². The summed E-state index contributed by atoms with van der Waals surface area (Å²) in [5, 5.41) is 9.79. The SMILES string of the molecule is O=C(O)c1cn(CCF)c2nccc(Cc3ccc(C(F)(F)F)cc3)c12. The number of alkyl halides is 4. The van der Waals surface area contributed by atoms with Crippen molar-refractivity contribution in [2.45, 2.75) is 19.1 Å². The summed E-state index contributed by atoms with van der Waals surface area (Å²) in [6.07, 6.45) is -1.38. The highest BCUT2D eigenvalue weighted by molar-refractivity contribution is 6.04. The van der Waals surface area contributed by atoms with E-state index in [2.05, 4.69) is 4.98 Å². The van der Waals surface area contributed by atoms with Gasteiger partial charge in [0.2, 0.25) is 0 Å². The van der Waals surface area contributed by atoms with Crippen LogP contribution in [0.25, 0.3) is 11.0 Å². The highest BCUT2D eigenvalue weighted by atomic mass is 19.4. The second kappa shape index (κ2) is 6.78. The summed E-state index contributed by atoms with van der Waals surface area (Å²) < 4.78 is 52.1. The summed E-state index contributed by atoms with van der Waals surface area (Å²) in [5.41, 5.74) is 0.777. The molecule has 0 saturated heterocycles. The largest absolute Gasteiger partial charge is 0.478 e. The number of carboxylic acid groups (broad SMARTS) is 1. The van der Waals surface area contributed by atoms with Crippen LogP contribution in [0.5, 0.6) is 0 Å². The molecule has 136 valence electrons. The van der Waals surface area contributed by atoms with Crippen LogP contribution >= 0.6 is 0 Å². The van der Waals surface area contributed by atoms with E-state index in [0.717, 1.165) is 12.1 Å². The summed E-state index contributed by atoms with van der Waals surface area (Å²) in [6, 6.07) is 6.30. The van der Waals surface area contributed by atoms with E-state index in [0.29, 0.717) is 22.2 Å². The zero-order chi connectivity index (χ0) is 18.9. The Kier molecular flexibility index (Phi) is 4.67. The Morgan fingerprint density at radius 1 is 1.15 bits per heavy atom. The molecule has 0 bridgehead atoms. The van der Waals surface area contributed by atoms with Crippen LogP contribution < -0.4 is 0 Å². The molecule has 1 N–H and O–H groups in total. The lowest BCUT2D eigenvalue weighted by Crippen LogP contribution is -2.04. The van der Waals surface area contributed by atoms with Gasteiger partial charge < -0.3 is 9.67 Å². The molecule has 8 heteroatoms. The van der Waals surface area contributed by atoms with Gasteiger partial charge in [0.25, 0.3) is 0 Å². The third-order valence-electron chi connectivity index (χ3n) is 4.08. The van der Waals surface area contributed by atoms with Crippen LogP contribution in [0.2, 0.25) is 0 Å². The first-order chi connectivity index (χ1) is 12.3. The van der Waals surface area contributed by atoms with E-state index < -0.39 is 24.4 Å². The first kappa shape index (κ1) is 17.9. The number of aromatic nitrogens is 2. The lowest BCUT2D eigenvalue weighted by molar-refractivity contribution is -0.137. The van der Waals surface area contributed by atoms with Gasteiger partial charge in [0.1, 0.15) is 12.3 Å². The molecule has 0 unspecified atom stereocenters. The number of pyridine rings is 1. The van der Waals surface area contributed by atoms with E-state index in [1.807, 2.05) is 0 Å². The second-order valence-corrected chi connectivity index (χ2v) is 5.77. The van der Waals surface area contributed by atoms with Crippen LogP contribution in [-0.2, 0) is 19.1 Å². The Balaban J connectivity index is 2.04. The molecule has 0 atom stereocenters. The highest BCUT2D eigenvalue weighted by Crippen LogP contribution is 2.30. The van der Waals surface area contributed by atoms with E-state index in [9.17, 15) is 27.5 Å². The van der Waals surface area contributed by atoms with Crippen LogP contribution in [-0.4, -0.2) is 27.3 Å². The first-order valence-electron chi connectivity index (χ1n) is 7.73. The van der Waals surface area contributed by atoms with Gasteiger partial charge in [0.15, 0.2) is 0 Å². The summed E-state index contributed by atoms with van der Waals surface area (Å²) in [6.45, 7) is -0.700. The van der Waals surface area contributed by atoms with Crippen molar-refractivity contribution in [1.29, 1.82) is 0 Å². The molecular formula is C18H14F4N2O2. The van der Waals surface area contributed by atoms with Gasteiger partial charge in [-0.1, -0.05) is 12.1 Å². The molecule has 0 fully saturated rings. The number of carboxylic acids is 1. The first-order valence-corrected chi connectivity index (χ1v) is 7.73. The molecule has 2 heterocycles. The van der Waals surface area contributed by atoms with Gasteiger partial charge in [-0.2, -0.15) is 13.2 Å². The van der Waals surface area contributed by atoms with Gasteiger partial charge in [-0.05, 0) is 35.7 Å². The number of hydrogen-bond acceptors (Lipinski definition) is 2. The van der Waals surface area contributed by atoms with Crippen molar-refractivity contribution in [2.75, 3.05) is 6.67 Å². The molecule has 0 aliphatic rings. The van der Waals surface area contributed by atoms with Gasteiger partial charge in [-0.3, -0.25) is 0 Å². The number of nitrogens with zero attached hydrogens (tertiary/aromatic N) is 2. The van der Waals surface area contributed by atoms with Crippen LogP contribution in [0.3, 0.4) is 0 Å². The molecule has 0 amide bonds. The topological polar surface area (TPSA) is 55.1 Å². The van der Waals surface area contributed by atoms with Gasteiger partial charge in [-0.15, -0.1) is 0 Å². The van der Waals surface area contributed by atoms with Gasteiger partial charge in [-0.25, -0.2) is 14.2 Å². The summed E-state index contributed by atoms with van der Waals surface area (Å²) >= 11 is 0. The summed E-state index contributed by atoms with van der Waals surface area (Å²) in [5.74, 6) is -1.17. The summed E-state index contributed by atoms with van der Waals surface area (Å²) in [4.78, 5) is 15.7. The molecule has 0 aliphatic heterocycles. The average Bonchev–Trinajstić information content (AvgIpc) is 2.95. The monoisotopic (exact) mass is 366 g/mol. The molecule has 3 rings (SSSR count). The Hall–Kier alpha value is -2.90. The zero-order valence-electron chi connectivity index (χ0n) is 13.4. The Bertz CT molecular complexity index is 946. The van der Waals surface area contributed by atoms with Crippen LogP contribution in [0.4, 0.5) is 17.6 Å². The fraction of sp³-hybridized carbons (Fsp3) is 0.222. The second-order valence-electron chi connectivity index (χ2n) is 5.77. The lowest BCUT2D eigenvalue weighted by Gasteiger charge is -2.09. The molecule has 1 aromatic carbocycles. The molecule has 26 heavy (non-hydrogen) atoms. The van der Waals surface area contributed by atoms with Gasteiger partial charge in [0.05, 0.1) is 17.7 Å². The maximum absolute atomic E-state index is 12.7. The predicted molar refractivity (Wildman–Crippen MR) is 86.9 cm³/mol. The van der Waals surface area contributed by atoms with Crippen molar-refractivity contribution in [3.05, 3.63) is 65.0 Å². The minimum absolute atomic E-state index is 0.0107. The molecule has 3 aromatic rings. The predicted octanol–water partition coefficient (Wildman–Crippen LogP) is 4.31. The zero-order valence-corrected chi connectivity index (χ0v) is 13.4. The molecule has 0 radical (unpaired) electrons. The third kappa shape index (κ3) is 3.40. The van der Waals surface area contributed by atoms with Gasteiger partial charge in [0, 0.05) is 17.8 Å². The molecule has 0 aliphatic carbocycles. The summed E-state index contributed by atoms with van der Waals surface area (Å²) in [7, 11) is 0. The van der Waals surface area contributed by atoms with E-state index in [-0.39, 0.29) is 18.5 Å². The maximum atomic E-state index is 12.7. The normalized spacial score (nSPS) is 11.8. The van der Waals surface area contributed by atoms with E-state index in [1.54, 1.807) is 6.07 Å². The molecule has 2 aromatic heterocycles. The number of carbonyl (C=O) groups is 1. The van der Waals surface area contributed by atoms with Crippen molar-refractivity contribution in [3.63, 3.8) is 0 Å². The average molecular weight is 366 g/mol. The molecule has 4 nitrogen and oxygen atoms in total. The molecule has 0 spiro atoms. The number of hydrogen-bond donors (Lipinski definition) is 1. The fourth-order valence-electron chi connectivity index (χ4n) is 2.88. The Morgan fingerprint density at radius 3 is 2.42 bits per heavy atom. The van der Waals surface area contributed by atoms with Crippen molar-refractivity contribution in [3.8, 4) is 0 Å². The van der Waals surface area contributed by atoms with E-state index in [4.69, 9.17) is 0 Å². The lowest BCUT2D eigenvalue weighted by atomic mass is 10.0. The number of benzene rings is 1. The number of aryl methyl sites for hydroxylation is 1. The van der Waals surface area contributed by atoms with Crippen LogP contribution in [0, 0.1) is 0 Å². The number of halogens is 4. The van der Waals surface area contributed by atoms with E-state index in [1.165, 1.54) is 29.1 Å². The minimum atomic E-state index is -4.41. The number of fused-ring (bicyclic) bond motifs is 1. The third-order valence-corrected chi connectivity index (χ3v) is 4.08. The highest BCUT2D eigenvalue weighted by Gasteiger charge is 2.30. The van der Waals surface area contributed by atoms with Crippen molar-refractivity contribution >= 4 is 17.0 Å². The fourth-order valence-corrected chi connectivity index (χ4v) is 2.88. The Morgan fingerprint density at radius 2 is 1.85 bits per heavy atom. The molecular weight excluding hydrogens is 352 g/mol. The molecule has 0 saturated carbocycles. The van der Waals surface area contributed by atoms with Gasteiger partial charge >= 0.3 is 12.1 Å². The smallest absolute Gasteiger partial charge is 0.416 e. The minimum Gasteiger partial charge on any atom is -0.478 e. The van der Waals surface area contributed by atoms with Crippen molar-refractivity contribution in [1.82, 2.24) is 9.55 Å². The standard InChI is InChI=1S/C18H14F4N2O2/c19-6-8-24-10-14(17(25)26)15-12(5-7-23-16(15)24)9-11-1-3-13(4-2-11)18(20,21)22/h1-5,7,10H,6,8-9H2,(H,25,26). The van der Waals surface area contributed by atoms with Crippen molar-refractivity contribution < 1.29 is 27.5 Å². The van der Waals surface area contributed by atoms with Crippen LogP contribution in [0.15, 0.2) is 42.7 Å².